The van der Waals surface area contributed by atoms with Crippen molar-refractivity contribution in [2.45, 2.75) is 52.2 Å². The monoisotopic (exact) mass is 323 g/mol. The molecule has 1 aliphatic carbocycles. The Balaban J connectivity index is 1.61. The van der Waals surface area contributed by atoms with Crippen molar-refractivity contribution < 1.29 is 9.53 Å². The average molecular weight is 323 g/mol. The van der Waals surface area contributed by atoms with Crippen molar-refractivity contribution in [2.24, 2.45) is 0 Å². The second-order valence-corrected chi connectivity index (χ2v) is 6.69. The molecule has 3 nitrogen and oxygen atoms in total. The molecule has 0 radical (unpaired) electrons. The molecule has 0 bridgehead atoms. The van der Waals surface area contributed by atoms with Crippen LogP contribution < -0.4 is 10.1 Å². The molecular weight excluding hydrogens is 298 g/mol. The number of carbonyl (C=O) groups excluding carboxylic acids is 1. The molecule has 1 N–H and O–H groups in total. The van der Waals surface area contributed by atoms with E-state index >= 15 is 0 Å². The van der Waals surface area contributed by atoms with Crippen LogP contribution in [0, 0.1) is 6.92 Å². The summed E-state index contributed by atoms with van der Waals surface area (Å²) in [6.45, 7) is 5.81. The van der Waals surface area contributed by atoms with Gasteiger partial charge in [-0.25, -0.2) is 0 Å². The van der Waals surface area contributed by atoms with E-state index in [0.29, 0.717) is 0 Å². The third-order valence-electron chi connectivity index (χ3n) is 4.65. The van der Waals surface area contributed by atoms with E-state index in [1.165, 1.54) is 24.0 Å². The SMILES string of the molecule is Cc1cccc(OC(C)C(=O)NC(C)c2ccc3c(c2)CCC3)c1. The predicted octanol–water partition coefficient (Wildman–Crippen LogP) is 4.13. The topological polar surface area (TPSA) is 38.3 Å². The highest BCUT2D eigenvalue weighted by molar-refractivity contribution is 5.81. The van der Waals surface area contributed by atoms with Crippen LogP contribution in [-0.2, 0) is 17.6 Å². The van der Waals surface area contributed by atoms with Crippen molar-refractivity contribution in [1.29, 1.82) is 0 Å². The zero-order valence-corrected chi connectivity index (χ0v) is 14.6. The van der Waals surface area contributed by atoms with Gasteiger partial charge in [0.25, 0.3) is 5.91 Å². The van der Waals surface area contributed by atoms with Crippen LogP contribution in [0.1, 0.15) is 48.6 Å². The van der Waals surface area contributed by atoms with E-state index in [0.717, 1.165) is 23.3 Å². The molecule has 3 heteroatoms. The highest BCUT2D eigenvalue weighted by atomic mass is 16.5. The van der Waals surface area contributed by atoms with E-state index in [1.54, 1.807) is 6.92 Å². The van der Waals surface area contributed by atoms with Crippen molar-refractivity contribution in [1.82, 2.24) is 5.32 Å². The molecule has 3 rings (SSSR count). The fraction of sp³-hybridized carbons (Fsp3) is 0.381. The zero-order valence-electron chi connectivity index (χ0n) is 14.6. The molecule has 2 atom stereocenters. The summed E-state index contributed by atoms with van der Waals surface area (Å²) in [5.74, 6) is 0.632. The number of rotatable bonds is 5. The van der Waals surface area contributed by atoms with Crippen molar-refractivity contribution in [3.63, 3.8) is 0 Å². The number of hydrogen-bond acceptors (Lipinski definition) is 2. The van der Waals surface area contributed by atoms with Crippen LogP contribution in [0.5, 0.6) is 5.75 Å². The minimum absolute atomic E-state index is 0.0213. The van der Waals surface area contributed by atoms with Crippen LogP contribution in [0.15, 0.2) is 42.5 Å². The molecule has 126 valence electrons. The van der Waals surface area contributed by atoms with Gasteiger partial charge in [-0.05, 0) is 74.4 Å². The third-order valence-corrected chi connectivity index (χ3v) is 4.65. The molecule has 24 heavy (non-hydrogen) atoms. The summed E-state index contributed by atoms with van der Waals surface area (Å²) in [5, 5.41) is 3.06. The van der Waals surface area contributed by atoms with Crippen LogP contribution in [-0.4, -0.2) is 12.0 Å². The van der Waals surface area contributed by atoms with Gasteiger partial charge in [0.05, 0.1) is 6.04 Å². The lowest BCUT2D eigenvalue weighted by molar-refractivity contribution is -0.127. The number of carbonyl (C=O) groups is 1. The molecule has 0 aliphatic heterocycles. The number of hydrogen-bond donors (Lipinski definition) is 1. The fourth-order valence-electron chi connectivity index (χ4n) is 3.22. The Kier molecular flexibility index (Phi) is 4.89. The van der Waals surface area contributed by atoms with Gasteiger partial charge in [-0.2, -0.15) is 0 Å². The summed E-state index contributed by atoms with van der Waals surface area (Å²) in [7, 11) is 0. The highest BCUT2D eigenvalue weighted by Gasteiger charge is 2.19. The molecule has 2 aromatic carbocycles. The summed E-state index contributed by atoms with van der Waals surface area (Å²) in [6, 6.07) is 14.3. The Labute approximate surface area is 144 Å². The summed E-state index contributed by atoms with van der Waals surface area (Å²) in [6.07, 6.45) is 3.04. The molecule has 0 saturated heterocycles. The first-order chi connectivity index (χ1) is 11.5. The van der Waals surface area contributed by atoms with Crippen LogP contribution in [0.25, 0.3) is 0 Å². The minimum atomic E-state index is -0.524. The maximum absolute atomic E-state index is 12.4. The number of amides is 1. The summed E-state index contributed by atoms with van der Waals surface area (Å²) in [4.78, 5) is 12.4. The Hall–Kier alpha value is -2.29. The second kappa shape index (κ2) is 7.08. The van der Waals surface area contributed by atoms with E-state index in [2.05, 4.69) is 23.5 Å². The molecule has 0 saturated carbocycles. The molecule has 1 aliphatic rings. The predicted molar refractivity (Wildman–Crippen MR) is 96.3 cm³/mol. The Morgan fingerprint density at radius 1 is 1.08 bits per heavy atom. The Morgan fingerprint density at radius 3 is 2.67 bits per heavy atom. The van der Waals surface area contributed by atoms with Crippen LogP contribution >= 0.6 is 0 Å². The molecule has 0 heterocycles. The summed E-state index contributed by atoms with van der Waals surface area (Å²) in [5.41, 5.74) is 5.16. The van der Waals surface area contributed by atoms with Gasteiger partial charge in [-0.3, -0.25) is 4.79 Å². The van der Waals surface area contributed by atoms with Crippen molar-refractivity contribution in [3.8, 4) is 5.75 Å². The number of ether oxygens (including phenoxy) is 1. The van der Waals surface area contributed by atoms with Crippen molar-refractivity contribution >= 4 is 5.91 Å². The van der Waals surface area contributed by atoms with E-state index in [9.17, 15) is 4.79 Å². The lowest BCUT2D eigenvalue weighted by atomic mass is 10.0. The van der Waals surface area contributed by atoms with Gasteiger partial charge in [-0.1, -0.05) is 30.3 Å². The maximum atomic E-state index is 12.4. The standard InChI is InChI=1S/C21H25NO2/c1-14-6-4-9-20(12-14)24-16(3)21(23)22-15(2)18-11-10-17-7-5-8-19(17)13-18/h4,6,9-13,15-16H,5,7-8H2,1-3H3,(H,22,23). The Bertz CT molecular complexity index is 738. The molecule has 2 unspecified atom stereocenters. The number of benzene rings is 2. The smallest absolute Gasteiger partial charge is 0.261 e. The Morgan fingerprint density at radius 2 is 1.88 bits per heavy atom. The maximum Gasteiger partial charge on any atom is 0.261 e. The molecule has 1 amide bonds. The van der Waals surface area contributed by atoms with E-state index < -0.39 is 6.10 Å². The number of fused-ring (bicyclic) bond motifs is 1. The third kappa shape index (κ3) is 3.78. The van der Waals surface area contributed by atoms with E-state index in [4.69, 9.17) is 4.74 Å². The first kappa shape index (κ1) is 16.6. The van der Waals surface area contributed by atoms with Gasteiger partial charge in [0.2, 0.25) is 0 Å². The second-order valence-electron chi connectivity index (χ2n) is 6.69. The van der Waals surface area contributed by atoms with Gasteiger partial charge >= 0.3 is 0 Å². The zero-order chi connectivity index (χ0) is 17.1. The van der Waals surface area contributed by atoms with Crippen molar-refractivity contribution in [3.05, 3.63) is 64.7 Å². The molecule has 0 aromatic heterocycles. The van der Waals surface area contributed by atoms with Gasteiger partial charge in [0, 0.05) is 0 Å². The van der Waals surface area contributed by atoms with E-state index in [-0.39, 0.29) is 11.9 Å². The highest BCUT2D eigenvalue weighted by Crippen LogP contribution is 2.25. The van der Waals surface area contributed by atoms with Crippen LogP contribution in [0.3, 0.4) is 0 Å². The summed E-state index contributed by atoms with van der Waals surface area (Å²) < 4.78 is 5.76. The number of aryl methyl sites for hydroxylation is 3. The summed E-state index contributed by atoms with van der Waals surface area (Å²) >= 11 is 0. The molecular formula is C21H25NO2. The minimum Gasteiger partial charge on any atom is -0.481 e. The fourth-order valence-corrected chi connectivity index (χ4v) is 3.22. The lowest BCUT2D eigenvalue weighted by Gasteiger charge is -2.20. The van der Waals surface area contributed by atoms with Gasteiger partial charge in [0.1, 0.15) is 5.75 Å². The first-order valence-electron chi connectivity index (χ1n) is 8.68. The lowest BCUT2D eigenvalue weighted by Crippen LogP contribution is -2.37. The van der Waals surface area contributed by atoms with Crippen LogP contribution in [0.4, 0.5) is 0 Å². The van der Waals surface area contributed by atoms with Crippen LogP contribution in [0.2, 0.25) is 0 Å². The largest absolute Gasteiger partial charge is 0.481 e. The van der Waals surface area contributed by atoms with Crippen molar-refractivity contribution in [2.75, 3.05) is 0 Å². The van der Waals surface area contributed by atoms with Gasteiger partial charge in [-0.15, -0.1) is 0 Å². The number of nitrogens with one attached hydrogen (secondary N) is 1. The van der Waals surface area contributed by atoms with E-state index in [1.807, 2.05) is 38.1 Å². The van der Waals surface area contributed by atoms with Gasteiger partial charge < -0.3 is 10.1 Å². The molecule has 0 fully saturated rings. The molecule has 2 aromatic rings. The first-order valence-corrected chi connectivity index (χ1v) is 8.68. The molecule has 0 spiro atoms. The van der Waals surface area contributed by atoms with Gasteiger partial charge in [0.15, 0.2) is 6.10 Å². The quantitative estimate of drug-likeness (QED) is 0.898. The normalized spacial score (nSPS) is 15.5. The average Bonchev–Trinajstić information content (AvgIpc) is 3.02.